The van der Waals surface area contributed by atoms with Crippen LogP contribution in [0.5, 0.6) is 0 Å². The van der Waals surface area contributed by atoms with Crippen molar-refractivity contribution in [2.75, 3.05) is 13.2 Å². The highest BCUT2D eigenvalue weighted by Gasteiger charge is 2.35. The zero-order valence-electron chi connectivity index (χ0n) is 29.1. The zero-order valence-corrected chi connectivity index (χ0v) is 29.9. The van der Waals surface area contributed by atoms with Crippen LogP contribution >= 0.6 is 11.9 Å². The molecular formula is C38H56N6OS. The summed E-state index contributed by atoms with van der Waals surface area (Å²) in [6.45, 7) is 18.6. The van der Waals surface area contributed by atoms with Gasteiger partial charge in [-0.2, -0.15) is 5.10 Å². The van der Waals surface area contributed by atoms with E-state index in [1.165, 1.54) is 59.1 Å². The van der Waals surface area contributed by atoms with Crippen molar-refractivity contribution in [2.24, 2.45) is 11.3 Å². The first-order valence-electron chi connectivity index (χ1n) is 17.5. The predicted molar refractivity (Wildman–Crippen MR) is 191 cm³/mol. The first-order valence-corrected chi connectivity index (χ1v) is 18.4. The largest absolute Gasteiger partial charge is 0.362 e. The molecule has 0 amide bonds. The molecule has 6 atom stereocenters. The maximum Gasteiger partial charge on any atom is 0.123 e. The number of rotatable bonds is 5. The lowest BCUT2D eigenvalue weighted by Crippen LogP contribution is -2.61. The summed E-state index contributed by atoms with van der Waals surface area (Å²) in [6, 6.07) is 16.4. The monoisotopic (exact) mass is 644 g/mol. The average molecular weight is 645 g/mol. The Balaban J connectivity index is 1.28. The number of hydrogen-bond acceptors (Lipinski definition) is 7. The third-order valence-corrected chi connectivity index (χ3v) is 11.4. The number of benzene rings is 2. The van der Waals surface area contributed by atoms with Crippen LogP contribution in [0.4, 0.5) is 0 Å². The Labute approximate surface area is 281 Å². The average Bonchev–Trinajstić information content (AvgIpc) is 3.35. The Hall–Kier alpha value is -2.20. The van der Waals surface area contributed by atoms with Crippen LogP contribution in [0.3, 0.4) is 0 Å². The van der Waals surface area contributed by atoms with E-state index in [0.29, 0.717) is 17.2 Å². The first-order chi connectivity index (χ1) is 22.0. The van der Waals surface area contributed by atoms with E-state index < -0.39 is 0 Å². The summed E-state index contributed by atoms with van der Waals surface area (Å²) in [7, 11) is 0. The molecule has 4 N–H and O–H groups in total. The summed E-state index contributed by atoms with van der Waals surface area (Å²) in [5, 5.41) is 15.9. The Morgan fingerprint density at radius 3 is 2.41 bits per heavy atom. The third-order valence-electron chi connectivity index (χ3n) is 10.3. The normalized spacial score (nSPS) is 28.2. The number of fused-ring (bicyclic) bond motifs is 4. The summed E-state index contributed by atoms with van der Waals surface area (Å²) in [5.41, 5.74) is 10.3. The number of H-pyrrole nitrogens is 1. The fourth-order valence-corrected chi connectivity index (χ4v) is 9.23. The number of aromatic amines is 1. The number of nitrogens with zero attached hydrogens (tertiary/aromatic N) is 2. The van der Waals surface area contributed by atoms with E-state index in [1.807, 2.05) is 11.9 Å². The van der Waals surface area contributed by atoms with Crippen molar-refractivity contribution < 1.29 is 4.74 Å². The number of ether oxygens (including phenoxy) is 1. The molecule has 8 heteroatoms. The lowest BCUT2D eigenvalue weighted by Gasteiger charge is -2.41. The lowest BCUT2D eigenvalue weighted by molar-refractivity contribution is -0.0514. The summed E-state index contributed by atoms with van der Waals surface area (Å²) in [4.78, 5) is 2.78. The molecule has 1 saturated carbocycles. The maximum atomic E-state index is 6.94. The van der Waals surface area contributed by atoms with Gasteiger partial charge in [0.2, 0.25) is 0 Å². The van der Waals surface area contributed by atoms with Crippen LogP contribution in [-0.4, -0.2) is 52.1 Å². The summed E-state index contributed by atoms with van der Waals surface area (Å²) < 4.78 is 10.7. The van der Waals surface area contributed by atoms with E-state index in [-0.39, 0.29) is 24.0 Å². The van der Waals surface area contributed by atoms with Crippen LogP contribution in [-0.2, 0) is 11.3 Å². The van der Waals surface area contributed by atoms with Gasteiger partial charge in [-0.15, -0.1) is 0 Å². The van der Waals surface area contributed by atoms with Crippen molar-refractivity contribution in [3.63, 3.8) is 0 Å². The summed E-state index contributed by atoms with van der Waals surface area (Å²) in [5.74, 6) is 0.689. The van der Waals surface area contributed by atoms with Crippen molar-refractivity contribution in [3.05, 3.63) is 76.1 Å². The molecule has 4 bridgehead atoms. The quantitative estimate of drug-likeness (QED) is 0.212. The molecule has 3 heterocycles. The minimum Gasteiger partial charge on any atom is -0.362 e. The van der Waals surface area contributed by atoms with Crippen LogP contribution in [0.2, 0.25) is 0 Å². The van der Waals surface area contributed by atoms with Gasteiger partial charge in [0.15, 0.2) is 0 Å². The number of hydrogen-bond donors (Lipinski definition) is 4. The van der Waals surface area contributed by atoms with E-state index >= 15 is 0 Å². The summed E-state index contributed by atoms with van der Waals surface area (Å²) in [6.07, 6.45) is 7.10. The van der Waals surface area contributed by atoms with Gasteiger partial charge < -0.3 is 4.74 Å². The molecular weight excluding hydrogens is 589 g/mol. The molecule has 1 aromatic heterocycles. The first kappa shape index (κ1) is 33.7. The standard InChI is InChI=1S/C38H56N6OS/c1-24-10-8-11-25(2)35(24)33-19-34-40-37(39-33)43-46-32-13-9-12-29(18-32)22-44(31(23-45-34)20-38(5,6)7)21-28-14-16-30(17-15-28)36-26(3)41-42-27(36)4/h8,10-11,14-17,29,31-34,37,39-40,43H,9,12-13,18-23H2,1-7H3,(H,41,42)/t29?,31-,32?,33?,34?,37?/m1/s1. The Bertz CT molecular complexity index is 1410. The van der Waals surface area contributed by atoms with Crippen molar-refractivity contribution in [1.82, 2.24) is 30.5 Å². The van der Waals surface area contributed by atoms with Crippen LogP contribution in [0, 0.1) is 39.0 Å². The molecule has 0 spiro atoms. The van der Waals surface area contributed by atoms with Gasteiger partial charge in [0, 0.05) is 48.1 Å². The molecule has 46 heavy (non-hydrogen) atoms. The molecule has 0 radical (unpaired) electrons. The molecule has 7 nitrogen and oxygen atoms in total. The second-order valence-electron chi connectivity index (χ2n) is 15.4. The minimum atomic E-state index is -0.0338. The molecule has 1 aliphatic carbocycles. The van der Waals surface area contributed by atoms with Crippen molar-refractivity contribution in [3.8, 4) is 11.1 Å². The van der Waals surface area contributed by atoms with Crippen LogP contribution in [0.15, 0.2) is 42.5 Å². The second kappa shape index (κ2) is 14.5. The molecule has 5 unspecified atom stereocenters. The molecule has 250 valence electrons. The highest BCUT2D eigenvalue weighted by molar-refractivity contribution is 7.98. The van der Waals surface area contributed by atoms with Gasteiger partial charge in [0.05, 0.1) is 12.3 Å². The van der Waals surface area contributed by atoms with E-state index in [2.05, 4.69) is 121 Å². The van der Waals surface area contributed by atoms with Gasteiger partial charge in [0.25, 0.3) is 0 Å². The predicted octanol–water partition coefficient (Wildman–Crippen LogP) is 7.68. The van der Waals surface area contributed by atoms with Gasteiger partial charge >= 0.3 is 0 Å². The SMILES string of the molecule is Cc1cccc(C)c1C1CC2NC(NSC3CCCC(C3)CN(Cc3ccc(-c4c(C)n[nH]c4C)cc3)[C@H](CC(C)(C)C)CO2)N1. The second-order valence-corrected chi connectivity index (χ2v) is 16.6. The third kappa shape index (κ3) is 8.26. The van der Waals surface area contributed by atoms with Gasteiger partial charge in [-0.1, -0.05) is 81.6 Å². The molecule has 3 aliphatic rings. The van der Waals surface area contributed by atoms with E-state index in [9.17, 15) is 0 Å². The Kier molecular flexibility index (Phi) is 10.6. The smallest absolute Gasteiger partial charge is 0.123 e. The van der Waals surface area contributed by atoms with Gasteiger partial charge in [0.1, 0.15) is 12.5 Å². The van der Waals surface area contributed by atoms with Crippen LogP contribution in [0.25, 0.3) is 11.1 Å². The molecule has 3 fully saturated rings. The molecule has 2 aliphatic heterocycles. The number of nitrogens with one attached hydrogen (secondary N) is 4. The van der Waals surface area contributed by atoms with E-state index in [4.69, 9.17) is 4.74 Å². The molecule has 2 aromatic carbocycles. The fraction of sp³-hybridized carbons (Fsp3) is 0.605. The Morgan fingerprint density at radius 1 is 0.957 bits per heavy atom. The van der Waals surface area contributed by atoms with Gasteiger partial charge in [-0.3, -0.25) is 20.6 Å². The number of aryl methyl sites for hydroxylation is 4. The topological polar surface area (TPSA) is 77.2 Å². The van der Waals surface area contributed by atoms with Crippen molar-refractivity contribution >= 4 is 11.9 Å². The zero-order chi connectivity index (χ0) is 32.4. The van der Waals surface area contributed by atoms with Crippen LogP contribution < -0.4 is 15.4 Å². The minimum absolute atomic E-state index is 0.00734. The summed E-state index contributed by atoms with van der Waals surface area (Å²) >= 11 is 1.93. The van der Waals surface area contributed by atoms with Gasteiger partial charge in [-0.05, 0) is 92.5 Å². The Morgan fingerprint density at radius 2 is 1.72 bits per heavy atom. The van der Waals surface area contributed by atoms with Crippen LogP contribution in [0.1, 0.15) is 99.0 Å². The van der Waals surface area contributed by atoms with Crippen molar-refractivity contribution in [1.29, 1.82) is 0 Å². The molecule has 3 aromatic rings. The lowest BCUT2D eigenvalue weighted by atomic mass is 9.85. The molecule has 2 saturated heterocycles. The fourth-order valence-electron chi connectivity index (χ4n) is 8.12. The maximum absolute atomic E-state index is 6.94. The highest BCUT2D eigenvalue weighted by Crippen LogP contribution is 2.36. The van der Waals surface area contributed by atoms with E-state index in [1.54, 1.807) is 0 Å². The van der Waals surface area contributed by atoms with E-state index in [0.717, 1.165) is 43.9 Å². The number of aromatic nitrogens is 2. The van der Waals surface area contributed by atoms with Crippen molar-refractivity contribution in [2.45, 2.75) is 123 Å². The highest BCUT2D eigenvalue weighted by atomic mass is 32.2. The van der Waals surface area contributed by atoms with Gasteiger partial charge in [-0.25, -0.2) is 4.72 Å². The molecule has 6 rings (SSSR count).